The molecule has 1 N–H and O–H groups in total. The monoisotopic (exact) mass is 376 g/mol. The third-order valence-corrected chi connectivity index (χ3v) is 5.63. The SMILES string of the molecule is C=CCN1C(=O)[C@@H](C(=O)Nc2cccc(C)c2)[C@@H]2C[C@]1(C)Oc1ccccc12. The molecule has 144 valence electrons. The second-order valence-corrected chi connectivity index (χ2v) is 7.70. The van der Waals surface area contributed by atoms with E-state index in [2.05, 4.69) is 11.9 Å². The van der Waals surface area contributed by atoms with E-state index in [-0.39, 0.29) is 17.7 Å². The van der Waals surface area contributed by atoms with E-state index in [1.807, 2.05) is 62.4 Å². The number of nitrogens with one attached hydrogen (secondary N) is 1. The topological polar surface area (TPSA) is 58.6 Å². The first-order valence-corrected chi connectivity index (χ1v) is 9.51. The Morgan fingerprint density at radius 3 is 2.86 bits per heavy atom. The molecule has 5 nitrogen and oxygen atoms in total. The number of piperidine rings is 1. The van der Waals surface area contributed by atoms with Crippen molar-refractivity contribution in [3.8, 4) is 5.75 Å². The molecule has 2 aromatic rings. The highest BCUT2D eigenvalue weighted by Gasteiger charge is 2.55. The summed E-state index contributed by atoms with van der Waals surface area (Å²) in [5.41, 5.74) is 1.87. The molecule has 1 saturated heterocycles. The summed E-state index contributed by atoms with van der Waals surface area (Å²) in [6.07, 6.45) is 2.23. The van der Waals surface area contributed by atoms with Crippen LogP contribution in [-0.4, -0.2) is 29.0 Å². The van der Waals surface area contributed by atoms with Gasteiger partial charge in [0.25, 0.3) is 0 Å². The summed E-state index contributed by atoms with van der Waals surface area (Å²) in [7, 11) is 0. The van der Waals surface area contributed by atoms with E-state index in [1.165, 1.54) is 0 Å². The zero-order chi connectivity index (χ0) is 19.9. The predicted octanol–water partition coefficient (Wildman–Crippen LogP) is 3.86. The second kappa shape index (κ2) is 6.82. The Bertz CT molecular complexity index is 954. The Labute approximate surface area is 165 Å². The molecule has 0 aromatic heterocycles. The van der Waals surface area contributed by atoms with Crippen LogP contribution in [0.3, 0.4) is 0 Å². The van der Waals surface area contributed by atoms with E-state index < -0.39 is 11.6 Å². The van der Waals surface area contributed by atoms with Crippen LogP contribution in [0.1, 0.15) is 30.4 Å². The highest BCUT2D eigenvalue weighted by molar-refractivity contribution is 6.08. The van der Waals surface area contributed by atoms with Crippen molar-refractivity contribution >= 4 is 17.5 Å². The van der Waals surface area contributed by atoms with Crippen LogP contribution in [-0.2, 0) is 9.59 Å². The summed E-state index contributed by atoms with van der Waals surface area (Å²) in [4.78, 5) is 28.2. The van der Waals surface area contributed by atoms with Crippen molar-refractivity contribution in [2.75, 3.05) is 11.9 Å². The van der Waals surface area contributed by atoms with Gasteiger partial charge in [0.15, 0.2) is 5.72 Å². The Morgan fingerprint density at radius 2 is 2.11 bits per heavy atom. The molecular weight excluding hydrogens is 352 g/mol. The summed E-state index contributed by atoms with van der Waals surface area (Å²) in [5.74, 6) is -0.810. The average Bonchev–Trinajstić information content (AvgIpc) is 2.65. The maximum atomic E-state index is 13.4. The molecule has 2 heterocycles. The van der Waals surface area contributed by atoms with Crippen molar-refractivity contribution in [2.24, 2.45) is 5.92 Å². The number of benzene rings is 2. The second-order valence-electron chi connectivity index (χ2n) is 7.70. The minimum absolute atomic E-state index is 0.224. The summed E-state index contributed by atoms with van der Waals surface area (Å²) in [5, 5.41) is 2.94. The van der Waals surface area contributed by atoms with Crippen LogP contribution in [0.5, 0.6) is 5.75 Å². The van der Waals surface area contributed by atoms with E-state index >= 15 is 0 Å². The first-order valence-electron chi connectivity index (χ1n) is 9.51. The number of aryl methyl sites for hydroxylation is 1. The smallest absolute Gasteiger partial charge is 0.239 e. The lowest BCUT2D eigenvalue weighted by Gasteiger charge is -2.52. The fourth-order valence-electron chi connectivity index (χ4n) is 4.36. The van der Waals surface area contributed by atoms with Crippen molar-refractivity contribution in [1.82, 2.24) is 4.90 Å². The number of nitrogens with zero attached hydrogens (tertiary/aromatic N) is 1. The maximum absolute atomic E-state index is 13.4. The van der Waals surface area contributed by atoms with Gasteiger partial charge in [-0.3, -0.25) is 9.59 Å². The predicted molar refractivity (Wildman–Crippen MR) is 108 cm³/mol. The Hall–Kier alpha value is -3.08. The molecule has 0 saturated carbocycles. The van der Waals surface area contributed by atoms with E-state index in [9.17, 15) is 9.59 Å². The normalized spacial score (nSPS) is 25.5. The first-order chi connectivity index (χ1) is 13.4. The molecule has 0 unspecified atom stereocenters. The summed E-state index contributed by atoms with van der Waals surface area (Å²) >= 11 is 0. The molecule has 0 radical (unpaired) electrons. The summed E-state index contributed by atoms with van der Waals surface area (Å²) in [6, 6.07) is 15.3. The fourth-order valence-corrected chi connectivity index (χ4v) is 4.36. The Balaban J connectivity index is 1.74. The van der Waals surface area contributed by atoms with Crippen molar-refractivity contribution < 1.29 is 14.3 Å². The molecule has 28 heavy (non-hydrogen) atoms. The molecule has 2 amide bonds. The van der Waals surface area contributed by atoms with Crippen LogP contribution in [0.4, 0.5) is 5.69 Å². The molecule has 0 aliphatic carbocycles. The highest BCUT2D eigenvalue weighted by Crippen LogP contribution is 2.50. The van der Waals surface area contributed by atoms with Gasteiger partial charge in [0.2, 0.25) is 11.8 Å². The number of fused-ring (bicyclic) bond motifs is 4. The number of ether oxygens (including phenoxy) is 1. The van der Waals surface area contributed by atoms with Gasteiger partial charge >= 0.3 is 0 Å². The Kier molecular flexibility index (Phi) is 4.46. The lowest BCUT2D eigenvalue weighted by molar-refractivity contribution is -0.173. The third kappa shape index (κ3) is 2.97. The summed E-state index contributed by atoms with van der Waals surface area (Å²) in [6.45, 7) is 7.97. The molecule has 2 aliphatic heterocycles. The van der Waals surface area contributed by atoms with Crippen LogP contribution in [0.25, 0.3) is 0 Å². The zero-order valence-electron chi connectivity index (χ0n) is 16.1. The van der Waals surface area contributed by atoms with Crippen LogP contribution in [0, 0.1) is 12.8 Å². The number of para-hydroxylation sites is 1. The first kappa shape index (κ1) is 18.3. The molecule has 5 heteroatoms. The van der Waals surface area contributed by atoms with E-state index in [0.29, 0.717) is 18.7 Å². The quantitative estimate of drug-likeness (QED) is 0.651. The van der Waals surface area contributed by atoms with Gasteiger partial charge in [0.05, 0.1) is 0 Å². The van der Waals surface area contributed by atoms with E-state index in [1.54, 1.807) is 11.0 Å². The maximum Gasteiger partial charge on any atom is 0.239 e. The molecule has 2 aromatic carbocycles. The van der Waals surface area contributed by atoms with Gasteiger partial charge in [-0.05, 0) is 43.2 Å². The van der Waals surface area contributed by atoms with Crippen molar-refractivity contribution in [2.45, 2.75) is 31.9 Å². The lowest BCUT2D eigenvalue weighted by Crippen LogP contribution is -2.64. The molecule has 1 fully saturated rings. The van der Waals surface area contributed by atoms with Gasteiger partial charge in [-0.1, -0.05) is 36.4 Å². The van der Waals surface area contributed by atoms with Gasteiger partial charge in [-0.2, -0.15) is 0 Å². The van der Waals surface area contributed by atoms with Crippen molar-refractivity contribution in [3.63, 3.8) is 0 Å². The molecular formula is C23H24N2O3. The standard InChI is InChI=1S/C23H24N2O3/c1-4-12-25-22(27)20(21(26)24-16-9-7-8-15(2)13-16)18-14-23(25,3)28-19-11-6-5-10-17(18)19/h4-11,13,18,20H,1,12,14H2,2-3H3,(H,24,26)/t18-,20-,23+/m1/s1. The van der Waals surface area contributed by atoms with Crippen LogP contribution in [0.2, 0.25) is 0 Å². The minimum Gasteiger partial charge on any atom is -0.468 e. The highest BCUT2D eigenvalue weighted by atomic mass is 16.5. The van der Waals surface area contributed by atoms with Gasteiger partial charge in [-0.15, -0.1) is 6.58 Å². The number of rotatable bonds is 4. The van der Waals surface area contributed by atoms with Gasteiger partial charge in [0, 0.05) is 24.6 Å². The van der Waals surface area contributed by atoms with Gasteiger partial charge in [-0.25, -0.2) is 0 Å². The van der Waals surface area contributed by atoms with Gasteiger partial charge < -0.3 is 15.0 Å². The zero-order valence-corrected chi connectivity index (χ0v) is 16.1. The molecule has 2 bridgehead atoms. The minimum atomic E-state index is -0.807. The number of anilines is 1. The molecule has 4 rings (SSSR count). The van der Waals surface area contributed by atoms with Gasteiger partial charge in [0.1, 0.15) is 11.7 Å². The fraction of sp³-hybridized carbons (Fsp3) is 0.304. The van der Waals surface area contributed by atoms with Crippen LogP contribution in [0.15, 0.2) is 61.2 Å². The number of carbonyl (C=O) groups is 2. The number of likely N-dealkylation sites (tertiary alicyclic amines) is 1. The molecule has 0 spiro atoms. The average molecular weight is 376 g/mol. The molecule has 2 aliphatic rings. The van der Waals surface area contributed by atoms with E-state index in [0.717, 1.165) is 16.9 Å². The van der Waals surface area contributed by atoms with Crippen LogP contribution >= 0.6 is 0 Å². The van der Waals surface area contributed by atoms with Crippen molar-refractivity contribution in [3.05, 3.63) is 72.3 Å². The number of hydrogen-bond acceptors (Lipinski definition) is 3. The lowest BCUT2D eigenvalue weighted by atomic mass is 9.73. The van der Waals surface area contributed by atoms with Crippen molar-refractivity contribution in [1.29, 1.82) is 0 Å². The molecule has 3 atom stereocenters. The third-order valence-electron chi connectivity index (χ3n) is 5.63. The largest absolute Gasteiger partial charge is 0.468 e. The summed E-state index contributed by atoms with van der Waals surface area (Å²) < 4.78 is 6.21. The Morgan fingerprint density at radius 1 is 1.32 bits per heavy atom. The number of carbonyl (C=O) groups excluding carboxylic acids is 2. The number of amides is 2. The van der Waals surface area contributed by atoms with E-state index in [4.69, 9.17) is 4.74 Å². The van der Waals surface area contributed by atoms with Crippen LogP contribution < -0.4 is 10.1 Å². The number of hydrogen-bond donors (Lipinski definition) is 1.